The van der Waals surface area contributed by atoms with Gasteiger partial charge in [0.1, 0.15) is 0 Å². The summed E-state index contributed by atoms with van der Waals surface area (Å²) in [4.78, 5) is 0.243. The summed E-state index contributed by atoms with van der Waals surface area (Å²) in [6, 6.07) is 2.85. The van der Waals surface area contributed by atoms with E-state index in [2.05, 4.69) is 15.9 Å². The lowest BCUT2D eigenvalue weighted by atomic mass is 9.98. The molecule has 0 bridgehead atoms. The second kappa shape index (κ2) is 5.38. The maximum atomic E-state index is 12.3. The molecule has 0 aliphatic rings. The fourth-order valence-corrected chi connectivity index (χ4v) is 2.94. The molecule has 0 aliphatic heterocycles. The van der Waals surface area contributed by atoms with Crippen LogP contribution in [0.15, 0.2) is 15.9 Å². The van der Waals surface area contributed by atoms with Gasteiger partial charge in [0.25, 0.3) is 0 Å². The highest BCUT2D eigenvalue weighted by Gasteiger charge is 2.60. The van der Waals surface area contributed by atoms with Crippen molar-refractivity contribution >= 4 is 27.3 Å². The van der Waals surface area contributed by atoms with E-state index in [4.69, 9.17) is 0 Å². The van der Waals surface area contributed by atoms with Gasteiger partial charge >= 0.3 is 12.4 Å². The zero-order chi connectivity index (χ0) is 14.1. The number of rotatable bonds is 3. The standard InChI is InChI=1S/C9H7BrF6OS/c10-6-2-1-4(18-6)3-5(17)7(8(11,12)13)9(14,15)16/h1-2,5,7,17H,3H2. The Balaban J connectivity index is 2.87. The molecule has 0 amide bonds. The first-order valence-corrected chi connectivity index (χ1v) is 6.18. The van der Waals surface area contributed by atoms with E-state index in [1.807, 2.05) is 0 Å². The first kappa shape index (κ1) is 15.8. The highest BCUT2D eigenvalue weighted by molar-refractivity contribution is 9.11. The number of halogens is 7. The summed E-state index contributed by atoms with van der Waals surface area (Å²) in [7, 11) is 0. The van der Waals surface area contributed by atoms with Gasteiger partial charge in [-0.25, -0.2) is 0 Å². The average Bonchev–Trinajstić information content (AvgIpc) is 2.44. The molecule has 9 heteroatoms. The van der Waals surface area contributed by atoms with Gasteiger partial charge in [0.05, 0.1) is 9.89 Å². The predicted molar refractivity (Wildman–Crippen MR) is 57.3 cm³/mol. The molecule has 1 heterocycles. The van der Waals surface area contributed by atoms with E-state index in [0.717, 1.165) is 11.3 Å². The fraction of sp³-hybridized carbons (Fsp3) is 0.556. The van der Waals surface area contributed by atoms with Crippen LogP contribution in [0.5, 0.6) is 0 Å². The minimum Gasteiger partial charge on any atom is -0.392 e. The summed E-state index contributed by atoms with van der Waals surface area (Å²) in [5.41, 5.74) is 0. The topological polar surface area (TPSA) is 20.2 Å². The van der Waals surface area contributed by atoms with Crippen molar-refractivity contribution in [3.8, 4) is 0 Å². The molecule has 1 nitrogen and oxygen atoms in total. The number of alkyl halides is 6. The van der Waals surface area contributed by atoms with Crippen LogP contribution in [0.1, 0.15) is 4.88 Å². The summed E-state index contributed by atoms with van der Waals surface area (Å²) in [6.45, 7) is 0. The fourth-order valence-electron chi connectivity index (χ4n) is 1.41. The van der Waals surface area contributed by atoms with Crippen LogP contribution in [0, 0.1) is 5.92 Å². The number of hydrogen-bond acceptors (Lipinski definition) is 2. The van der Waals surface area contributed by atoms with Crippen LogP contribution in [0.2, 0.25) is 0 Å². The number of thiophene rings is 1. The maximum absolute atomic E-state index is 12.3. The lowest BCUT2D eigenvalue weighted by molar-refractivity contribution is -0.305. The van der Waals surface area contributed by atoms with E-state index in [9.17, 15) is 31.4 Å². The van der Waals surface area contributed by atoms with Crippen LogP contribution in [0.4, 0.5) is 26.3 Å². The van der Waals surface area contributed by atoms with E-state index in [0.29, 0.717) is 3.79 Å². The summed E-state index contributed by atoms with van der Waals surface area (Å²) < 4.78 is 74.3. The SMILES string of the molecule is OC(Cc1ccc(Br)s1)C(C(F)(F)F)C(F)(F)F. The monoisotopic (exact) mass is 356 g/mol. The Morgan fingerprint density at radius 2 is 1.61 bits per heavy atom. The molecular formula is C9H7BrF6OS. The van der Waals surface area contributed by atoms with Crippen LogP contribution >= 0.6 is 27.3 Å². The molecule has 0 fully saturated rings. The summed E-state index contributed by atoms with van der Waals surface area (Å²) in [5.74, 6) is -3.73. The summed E-state index contributed by atoms with van der Waals surface area (Å²) in [5, 5.41) is 9.19. The van der Waals surface area contributed by atoms with Crippen molar-refractivity contribution in [2.75, 3.05) is 0 Å². The van der Waals surface area contributed by atoms with E-state index in [1.54, 1.807) is 0 Å². The van der Waals surface area contributed by atoms with Crippen molar-refractivity contribution in [2.45, 2.75) is 24.9 Å². The van der Waals surface area contributed by atoms with E-state index in [-0.39, 0.29) is 4.88 Å². The molecule has 1 rings (SSSR count). The normalized spacial score (nSPS) is 15.2. The Bertz CT molecular complexity index is 384. The van der Waals surface area contributed by atoms with Crippen molar-refractivity contribution in [1.82, 2.24) is 0 Å². The average molecular weight is 357 g/mol. The number of aliphatic hydroxyl groups excluding tert-OH is 1. The number of aliphatic hydroxyl groups is 1. The van der Waals surface area contributed by atoms with Gasteiger partial charge in [0.2, 0.25) is 0 Å². The van der Waals surface area contributed by atoms with E-state index < -0.39 is 30.8 Å². The van der Waals surface area contributed by atoms with Gasteiger partial charge in [-0.3, -0.25) is 0 Å². The highest BCUT2D eigenvalue weighted by atomic mass is 79.9. The van der Waals surface area contributed by atoms with Crippen molar-refractivity contribution in [2.24, 2.45) is 5.92 Å². The van der Waals surface area contributed by atoms with Gasteiger partial charge < -0.3 is 5.11 Å². The van der Waals surface area contributed by atoms with Gasteiger partial charge in [-0.1, -0.05) is 0 Å². The van der Waals surface area contributed by atoms with Gasteiger partial charge in [0, 0.05) is 11.3 Å². The zero-order valence-electron chi connectivity index (χ0n) is 8.52. The third-order valence-corrected chi connectivity index (χ3v) is 3.78. The Kier molecular flexibility index (Phi) is 4.71. The molecule has 0 spiro atoms. The maximum Gasteiger partial charge on any atom is 0.403 e. The number of hydrogen-bond donors (Lipinski definition) is 1. The van der Waals surface area contributed by atoms with Crippen molar-refractivity contribution in [3.05, 3.63) is 20.8 Å². The molecule has 1 N–H and O–H groups in total. The Labute approximate surface area is 111 Å². The molecule has 0 aliphatic carbocycles. The lowest BCUT2D eigenvalue weighted by Crippen LogP contribution is -2.45. The molecule has 104 valence electrons. The largest absolute Gasteiger partial charge is 0.403 e. The van der Waals surface area contributed by atoms with Crippen LogP contribution in [-0.2, 0) is 6.42 Å². The molecule has 18 heavy (non-hydrogen) atoms. The van der Waals surface area contributed by atoms with Gasteiger partial charge in [-0.05, 0) is 28.1 Å². The Morgan fingerprint density at radius 1 is 1.11 bits per heavy atom. The van der Waals surface area contributed by atoms with Crippen LogP contribution in [0.3, 0.4) is 0 Å². The van der Waals surface area contributed by atoms with Crippen molar-refractivity contribution in [1.29, 1.82) is 0 Å². The molecule has 0 saturated heterocycles. The second-order valence-corrected chi connectivity index (χ2v) is 6.09. The highest BCUT2D eigenvalue weighted by Crippen LogP contribution is 2.42. The van der Waals surface area contributed by atoms with Gasteiger partial charge in [0.15, 0.2) is 5.92 Å². The predicted octanol–water partition coefficient (Wildman–Crippen LogP) is 4.15. The van der Waals surface area contributed by atoms with Crippen LogP contribution < -0.4 is 0 Å². The molecular weight excluding hydrogens is 350 g/mol. The van der Waals surface area contributed by atoms with E-state index >= 15 is 0 Å². The first-order valence-electron chi connectivity index (χ1n) is 4.57. The third-order valence-electron chi connectivity index (χ3n) is 2.13. The minimum absolute atomic E-state index is 0.243. The van der Waals surface area contributed by atoms with Crippen molar-refractivity contribution in [3.63, 3.8) is 0 Å². The minimum atomic E-state index is -5.52. The molecule has 1 atom stereocenters. The summed E-state index contributed by atoms with van der Waals surface area (Å²) >= 11 is 4.01. The molecule has 1 aromatic heterocycles. The lowest BCUT2D eigenvalue weighted by Gasteiger charge is -2.27. The van der Waals surface area contributed by atoms with Crippen molar-refractivity contribution < 1.29 is 31.4 Å². The molecule has 0 aromatic carbocycles. The quantitative estimate of drug-likeness (QED) is 0.806. The zero-order valence-corrected chi connectivity index (χ0v) is 10.9. The third kappa shape index (κ3) is 4.13. The van der Waals surface area contributed by atoms with Gasteiger partial charge in [-0.15, -0.1) is 11.3 Å². The first-order chi connectivity index (χ1) is 8.01. The van der Waals surface area contributed by atoms with Gasteiger partial charge in [-0.2, -0.15) is 26.3 Å². The molecule has 0 saturated carbocycles. The Hall–Kier alpha value is -0.280. The Morgan fingerprint density at radius 3 is 1.94 bits per heavy atom. The molecule has 1 unspecified atom stereocenters. The van der Waals surface area contributed by atoms with Crippen LogP contribution in [0.25, 0.3) is 0 Å². The molecule has 1 aromatic rings. The summed E-state index contributed by atoms with van der Waals surface area (Å²) in [6.07, 6.45) is -14.3. The van der Waals surface area contributed by atoms with Crippen LogP contribution in [-0.4, -0.2) is 23.6 Å². The second-order valence-electron chi connectivity index (χ2n) is 3.54. The van der Waals surface area contributed by atoms with E-state index in [1.165, 1.54) is 12.1 Å². The smallest absolute Gasteiger partial charge is 0.392 e. The molecule has 0 radical (unpaired) electrons.